The zero-order valence-electron chi connectivity index (χ0n) is 15.5. The second kappa shape index (κ2) is 8.69. The Balaban J connectivity index is 1.79. The largest absolute Gasteiger partial charge is 0.460 e. The molecule has 1 heterocycles. The van der Waals surface area contributed by atoms with Crippen molar-refractivity contribution in [2.45, 2.75) is 51.9 Å². The van der Waals surface area contributed by atoms with Gasteiger partial charge in [0, 0.05) is 6.54 Å². The predicted molar refractivity (Wildman–Crippen MR) is 95.2 cm³/mol. The van der Waals surface area contributed by atoms with E-state index in [0.29, 0.717) is 13.0 Å². The molecule has 26 heavy (non-hydrogen) atoms. The van der Waals surface area contributed by atoms with Crippen LogP contribution in [0.5, 0.6) is 0 Å². The summed E-state index contributed by atoms with van der Waals surface area (Å²) in [4.78, 5) is 37.8. The maximum Gasteiger partial charge on any atom is 0.410 e. The highest BCUT2D eigenvalue weighted by molar-refractivity contribution is 5.88. The Morgan fingerprint density at radius 2 is 1.88 bits per heavy atom. The van der Waals surface area contributed by atoms with Crippen LogP contribution in [-0.2, 0) is 25.7 Å². The minimum atomic E-state index is -0.623. The van der Waals surface area contributed by atoms with Gasteiger partial charge in [-0.3, -0.25) is 14.5 Å². The number of hydrogen-bond acceptors (Lipinski definition) is 5. The number of likely N-dealkylation sites (tertiary alicyclic amines) is 1. The van der Waals surface area contributed by atoms with E-state index in [9.17, 15) is 14.4 Å². The van der Waals surface area contributed by atoms with E-state index in [1.54, 1.807) is 20.8 Å². The Kier molecular flexibility index (Phi) is 6.60. The van der Waals surface area contributed by atoms with Crippen LogP contribution in [0.25, 0.3) is 0 Å². The van der Waals surface area contributed by atoms with Gasteiger partial charge in [0.15, 0.2) is 0 Å². The molecule has 1 saturated heterocycles. The van der Waals surface area contributed by atoms with Crippen molar-refractivity contribution in [3.8, 4) is 0 Å². The summed E-state index contributed by atoms with van der Waals surface area (Å²) >= 11 is 0. The summed E-state index contributed by atoms with van der Waals surface area (Å²) < 4.78 is 10.5. The van der Waals surface area contributed by atoms with Gasteiger partial charge < -0.3 is 14.8 Å². The van der Waals surface area contributed by atoms with Gasteiger partial charge in [-0.2, -0.15) is 0 Å². The molecular formula is C19H26N2O5. The van der Waals surface area contributed by atoms with E-state index in [0.717, 1.165) is 12.0 Å². The molecule has 1 unspecified atom stereocenters. The maximum atomic E-state index is 12.3. The molecule has 0 bridgehead atoms. The number of benzene rings is 1. The van der Waals surface area contributed by atoms with Crippen molar-refractivity contribution >= 4 is 18.0 Å². The number of nitrogens with zero attached hydrogens (tertiary/aromatic N) is 1. The molecular weight excluding hydrogens is 336 g/mol. The monoisotopic (exact) mass is 362 g/mol. The number of carbonyl (C=O) groups excluding carboxylic acids is 3. The molecule has 2 amide bonds. The summed E-state index contributed by atoms with van der Waals surface area (Å²) in [6.45, 7) is 5.72. The molecule has 0 aliphatic carbocycles. The number of ether oxygens (including phenoxy) is 2. The summed E-state index contributed by atoms with van der Waals surface area (Å²) in [6.07, 6.45) is 0.752. The molecule has 7 nitrogen and oxygen atoms in total. The molecule has 0 radical (unpaired) electrons. The molecule has 142 valence electrons. The molecule has 1 aromatic rings. The molecule has 1 aliphatic heterocycles. The Bertz CT molecular complexity index is 639. The normalized spacial score (nSPS) is 16.9. The molecule has 0 spiro atoms. The summed E-state index contributed by atoms with van der Waals surface area (Å²) in [7, 11) is 0. The first kappa shape index (κ1) is 19.8. The Morgan fingerprint density at radius 3 is 2.54 bits per heavy atom. The molecule has 7 heteroatoms. The summed E-state index contributed by atoms with van der Waals surface area (Å²) in [6, 6.07) is 8.68. The summed E-state index contributed by atoms with van der Waals surface area (Å²) in [5, 5.41) is 2.55. The van der Waals surface area contributed by atoms with E-state index in [-0.39, 0.29) is 19.1 Å². The third-order valence-electron chi connectivity index (χ3n) is 3.83. The predicted octanol–water partition coefficient (Wildman–Crippen LogP) is 2.25. The number of carbonyl (C=O) groups is 3. The van der Waals surface area contributed by atoms with Crippen LogP contribution in [-0.4, -0.2) is 47.6 Å². The minimum absolute atomic E-state index is 0.156. The number of esters is 1. The second-order valence-corrected chi connectivity index (χ2v) is 7.20. The van der Waals surface area contributed by atoms with E-state index < -0.39 is 23.7 Å². The van der Waals surface area contributed by atoms with E-state index in [4.69, 9.17) is 9.47 Å². The fourth-order valence-electron chi connectivity index (χ4n) is 2.64. The highest BCUT2D eigenvalue weighted by Crippen LogP contribution is 2.20. The van der Waals surface area contributed by atoms with Crippen LogP contribution in [0, 0.1) is 0 Å². The molecule has 1 fully saturated rings. The quantitative estimate of drug-likeness (QED) is 0.812. The van der Waals surface area contributed by atoms with Crippen molar-refractivity contribution in [1.29, 1.82) is 0 Å². The average molecular weight is 362 g/mol. The molecule has 0 aromatic heterocycles. The molecule has 1 aliphatic rings. The average Bonchev–Trinajstić information content (AvgIpc) is 3.07. The SMILES string of the molecule is CC(C)(C)OC(=O)N1CCCC1C(=O)NCC(=O)OCc1ccccc1. The molecule has 1 N–H and O–H groups in total. The molecule has 1 aromatic carbocycles. The number of hydrogen-bond donors (Lipinski definition) is 1. The molecule has 2 rings (SSSR count). The van der Waals surface area contributed by atoms with Gasteiger partial charge in [0.25, 0.3) is 0 Å². The first-order chi connectivity index (χ1) is 12.3. The van der Waals surface area contributed by atoms with Crippen molar-refractivity contribution in [1.82, 2.24) is 10.2 Å². The van der Waals surface area contributed by atoms with Crippen molar-refractivity contribution in [3.05, 3.63) is 35.9 Å². The Morgan fingerprint density at radius 1 is 1.19 bits per heavy atom. The first-order valence-corrected chi connectivity index (χ1v) is 8.73. The first-order valence-electron chi connectivity index (χ1n) is 8.73. The van der Waals surface area contributed by atoms with Crippen molar-refractivity contribution in [2.24, 2.45) is 0 Å². The number of amides is 2. The van der Waals surface area contributed by atoms with E-state index >= 15 is 0 Å². The van der Waals surface area contributed by atoms with Gasteiger partial charge in [0.05, 0.1) is 0 Å². The Labute approximate surface area is 153 Å². The number of rotatable bonds is 5. The topological polar surface area (TPSA) is 84.9 Å². The van der Waals surface area contributed by atoms with Gasteiger partial charge in [-0.25, -0.2) is 4.79 Å². The minimum Gasteiger partial charge on any atom is -0.460 e. The van der Waals surface area contributed by atoms with Gasteiger partial charge in [-0.05, 0) is 39.2 Å². The highest BCUT2D eigenvalue weighted by atomic mass is 16.6. The van der Waals surface area contributed by atoms with Crippen LogP contribution in [0.1, 0.15) is 39.2 Å². The van der Waals surface area contributed by atoms with Crippen LogP contribution in [0.2, 0.25) is 0 Å². The van der Waals surface area contributed by atoms with Gasteiger partial charge in [-0.15, -0.1) is 0 Å². The fourth-order valence-corrected chi connectivity index (χ4v) is 2.64. The lowest BCUT2D eigenvalue weighted by Crippen LogP contribution is -2.48. The summed E-state index contributed by atoms with van der Waals surface area (Å²) in [5.41, 5.74) is 0.251. The van der Waals surface area contributed by atoms with Crippen LogP contribution >= 0.6 is 0 Å². The van der Waals surface area contributed by atoms with Gasteiger partial charge >= 0.3 is 12.1 Å². The Hall–Kier alpha value is -2.57. The fraction of sp³-hybridized carbons (Fsp3) is 0.526. The highest BCUT2D eigenvalue weighted by Gasteiger charge is 2.36. The van der Waals surface area contributed by atoms with Crippen LogP contribution < -0.4 is 5.32 Å². The van der Waals surface area contributed by atoms with Crippen molar-refractivity contribution < 1.29 is 23.9 Å². The lowest BCUT2D eigenvalue weighted by molar-refractivity contribution is -0.145. The van der Waals surface area contributed by atoms with Gasteiger partial charge in [0.2, 0.25) is 5.91 Å². The van der Waals surface area contributed by atoms with Crippen LogP contribution in [0.4, 0.5) is 4.79 Å². The van der Waals surface area contributed by atoms with Crippen LogP contribution in [0.15, 0.2) is 30.3 Å². The smallest absolute Gasteiger partial charge is 0.410 e. The van der Waals surface area contributed by atoms with Crippen molar-refractivity contribution in [2.75, 3.05) is 13.1 Å². The van der Waals surface area contributed by atoms with Gasteiger partial charge in [0.1, 0.15) is 24.8 Å². The van der Waals surface area contributed by atoms with E-state index in [1.165, 1.54) is 4.90 Å². The van der Waals surface area contributed by atoms with Crippen LogP contribution in [0.3, 0.4) is 0 Å². The lowest BCUT2D eigenvalue weighted by Gasteiger charge is -2.27. The van der Waals surface area contributed by atoms with Crippen molar-refractivity contribution in [3.63, 3.8) is 0 Å². The standard InChI is InChI=1S/C19H26N2O5/c1-19(2,3)26-18(24)21-11-7-10-15(21)17(23)20-12-16(22)25-13-14-8-5-4-6-9-14/h4-6,8-9,15H,7,10-13H2,1-3H3,(H,20,23). The van der Waals surface area contributed by atoms with E-state index in [2.05, 4.69) is 5.32 Å². The third-order valence-corrected chi connectivity index (χ3v) is 3.83. The summed E-state index contributed by atoms with van der Waals surface area (Å²) in [5.74, 6) is -0.894. The van der Waals surface area contributed by atoms with E-state index in [1.807, 2.05) is 30.3 Å². The maximum absolute atomic E-state index is 12.3. The van der Waals surface area contributed by atoms with Gasteiger partial charge in [-0.1, -0.05) is 30.3 Å². The lowest BCUT2D eigenvalue weighted by atomic mass is 10.2. The molecule has 0 saturated carbocycles. The zero-order chi connectivity index (χ0) is 19.2. The third kappa shape index (κ3) is 6.06. The number of nitrogens with one attached hydrogen (secondary N) is 1. The zero-order valence-corrected chi connectivity index (χ0v) is 15.5. The second-order valence-electron chi connectivity index (χ2n) is 7.20. The molecule has 1 atom stereocenters.